The molecule has 130 valence electrons. The van der Waals surface area contributed by atoms with E-state index in [1.807, 2.05) is 26.0 Å². The van der Waals surface area contributed by atoms with Crippen molar-refractivity contribution in [1.29, 1.82) is 0 Å². The Balaban J connectivity index is 2.34. The van der Waals surface area contributed by atoms with Gasteiger partial charge < -0.3 is 4.74 Å². The molecule has 0 saturated heterocycles. The third kappa shape index (κ3) is 4.09. The van der Waals surface area contributed by atoms with E-state index < -0.39 is 10.0 Å². The third-order valence-electron chi connectivity index (χ3n) is 3.83. The second-order valence-corrected chi connectivity index (χ2v) is 8.43. The van der Waals surface area contributed by atoms with Gasteiger partial charge in [-0.3, -0.25) is 0 Å². The largest absolute Gasteiger partial charge is 0.496 e. The molecule has 2 aromatic rings. The lowest BCUT2D eigenvalue weighted by Crippen LogP contribution is -2.26. The van der Waals surface area contributed by atoms with Gasteiger partial charge in [0, 0.05) is 18.6 Å². The van der Waals surface area contributed by atoms with E-state index in [0.717, 1.165) is 11.1 Å². The van der Waals surface area contributed by atoms with Gasteiger partial charge in [0.1, 0.15) is 5.75 Å². The summed E-state index contributed by atoms with van der Waals surface area (Å²) in [4.78, 5) is 0.261. The molecule has 0 radical (unpaired) electrons. The van der Waals surface area contributed by atoms with Gasteiger partial charge in [-0.2, -0.15) is 4.31 Å². The van der Waals surface area contributed by atoms with Crippen LogP contribution in [0.4, 0.5) is 0 Å². The maximum absolute atomic E-state index is 12.8. The number of sulfonamides is 1. The monoisotopic (exact) mass is 367 g/mol. The van der Waals surface area contributed by atoms with Crippen LogP contribution < -0.4 is 4.74 Å². The van der Waals surface area contributed by atoms with Crippen LogP contribution in [0, 0.1) is 0 Å². The van der Waals surface area contributed by atoms with Gasteiger partial charge in [-0.15, -0.1) is 0 Å². The summed E-state index contributed by atoms with van der Waals surface area (Å²) >= 11 is 5.97. The van der Waals surface area contributed by atoms with Crippen molar-refractivity contribution in [3.05, 3.63) is 58.6 Å². The molecule has 2 rings (SSSR count). The molecule has 0 aliphatic carbocycles. The van der Waals surface area contributed by atoms with Crippen LogP contribution in [0.3, 0.4) is 0 Å². The summed E-state index contributed by atoms with van der Waals surface area (Å²) in [6.45, 7) is 4.26. The first-order valence-electron chi connectivity index (χ1n) is 7.64. The van der Waals surface area contributed by atoms with Crippen molar-refractivity contribution >= 4 is 21.6 Å². The molecule has 4 nitrogen and oxygen atoms in total. The van der Waals surface area contributed by atoms with Crippen LogP contribution in [-0.4, -0.2) is 26.9 Å². The predicted molar refractivity (Wildman–Crippen MR) is 97.2 cm³/mol. The fourth-order valence-electron chi connectivity index (χ4n) is 2.48. The molecule has 0 atom stereocenters. The fraction of sp³-hybridized carbons (Fsp3) is 0.333. The van der Waals surface area contributed by atoms with Crippen LogP contribution in [0.15, 0.2) is 47.4 Å². The van der Waals surface area contributed by atoms with E-state index in [4.69, 9.17) is 16.3 Å². The Labute approximate surface area is 149 Å². The van der Waals surface area contributed by atoms with Crippen LogP contribution in [0.5, 0.6) is 5.75 Å². The van der Waals surface area contributed by atoms with Gasteiger partial charge in [0.2, 0.25) is 10.0 Å². The van der Waals surface area contributed by atoms with E-state index >= 15 is 0 Å². The molecule has 0 N–H and O–H groups in total. The molecule has 0 amide bonds. The van der Waals surface area contributed by atoms with Crippen LogP contribution in [-0.2, 0) is 16.6 Å². The SMILES string of the molecule is COc1ccc(S(=O)(=O)N(C)Cc2cccc(Cl)c2)cc1C(C)C. The summed E-state index contributed by atoms with van der Waals surface area (Å²) in [5, 5.41) is 0.588. The van der Waals surface area contributed by atoms with Crippen molar-refractivity contribution in [3.63, 3.8) is 0 Å². The number of halogens is 1. The molecular formula is C18H22ClNO3S. The summed E-state index contributed by atoms with van der Waals surface area (Å²) in [6, 6.07) is 12.2. The van der Waals surface area contributed by atoms with Crippen molar-refractivity contribution in [2.75, 3.05) is 14.2 Å². The summed E-state index contributed by atoms with van der Waals surface area (Å²) < 4.78 is 32.3. The molecule has 0 saturated carbocycles. The standard InChI is InChI=1S/C18H22ClNO3S/c1-13(2)17-11-16(8-9-18(17)23-4)24(21,22)20(3)12-14-6-5-7-15(19)10-14/h5-11,13H,12H2,1-4H3. The minimum atomic E-state index is -3.60. The van der Waals surface area contributed by atoms with Crippen LogP contribution in [0.1, 0.15) is 30.9 Å². The van der Waals surface area contributed by atoms with Gasteiger partial charge in [-0.1, -0.05) is 37.6 Å². The van der Waals surface area contributed by atoms with Crippen molar-refractivity contribution in [2.45, 2.75) is 31.2 Å². The maximum atomic E-state index is 12.8. The van der Waals surface area contributed by atoms with E-state index in [1.54, 1.807) is 44.5 Å². The minimum Gasteiger partial charge on any atom is -0.496 e. The quantitative estimate of drug-likeness (QED) is 0.765. The lowest BCUT2D eigenvalue weighted by atomic mass is 10.0. The summed E-state index contributed by atoms with van der Waals surface area (Å²) in [5.74, 6) is 0.856. The average Bonchev–Trinajstić information content (AvgIpc) is 2.54. The summed E-state index contributed by atoms with van der Waals surface area (Å²) in [5.41, 5.74) is 1.71. The van der Waals surface area contributed by atoms with E-state index in [2.05, 4.69) is 0 Å². The van der Waals surface area contributed by atoms with Crippen molar-refractivity contribution in [2.24, 2.45) is 0 Å². The smallest absolute Gasteiger partial charge is 0.243 e. The number of benzene rings is 2. The second-order valence-electron chi connectivity index (χ2n) is 5.95. The highest BCUT2D eigenvalue weighted by Crippen LogP contribution is 2.30. The summed E-state index contributed by atoms with van der Waals surface area (Å²) in [6.07, 6.45) is 0. The van der Waals surface area contributed by atoms with Gasteiger partial charge in [-0.25, -0.2) is 8.42 Å². The number of nitrogens with zero attached hydrogens (tertiary/aromatic N) is 1. The lowest BCUT2D eigenvalue weighted by molar-refractivity contribution is 0.407. The highest BCUT2D eigenvalue weighted by molar-refractivity contribution is 7.89. The Morgan fingerprint density at radius 2 is 1.88 bits per heavy atom. The Bertz CT molecular complexity index is 819. The zero-order valence-corrected chi connectivity index (χ0v) is 15.9. The van der Waals surface area contributed by atoms with Crippen molar-refractivity contribution in [3.8, 4) is 5.75 Å². The molecule has 0 aliphatic rings. The van der Waals surface area contributed by atoms with Gasteiger partial charge in [0.05, 0.1) is 12.0 Å². The fourth-order valence-corrected chi connectivity index (χ4v) is 3.89. The maximum Gasteiger partial charge on any atom is 0.243 e. The van der Waals surface area contributed by atoms with Gasteiger partial charge >= 0.3 is 0 Å². The van der Waals surface area contributed by atoms with Crippen LogP contribution in [0.25, 0.3) is 0 Å². The molecule has 2 aromatic carbocycles. The molecule has 0 fully saturated rings. The number of rotatable bonds is 6. The molecule has 0 bridgehead atoms. The van der Waals surface area contributed by atoms with E-state index in [9.17, 15) is 8.42 Å². The first-order chi connectivity index (χ1) is 11.3. The number of hydrogen-bond donors (Lipinski definition) is 0. The van der Waals surface area contributed by atoms with Crippen LogP contribution in [0.2, 0.25) is 5.02 Å². The molecule has 0 aromatic heterocycles. The molecule has 0 heterocycles. The number of methoxy groups -OCH3 is 1. The van der Waals surface area contributed by atoms with Gasteiger partial charge in [-0.05, 0) is 47.4 Å². The summed E-state index contributed by atoms with van der Waals surface area (Å²) in [7, 11) is -0.447. The molecule has 0 aliphatic heterocycles. The van der Waals surface area contributed by atoms with Crippen molar-refractivity contribution in [1.82, 2.24) is 4.31 Å². The zero-order chi connectivity index (χ0) is 17.9. The van der Waals surface area contributed by atoms with Gasteiger partial charge in [0.15, 0.2) is 0 Å². The normalized spacial score (nSPS) is 12.0. The first kappa shape index (κ1) is 18.8. The Kier molecular flexibility index (Phi) is 5.91. The third-order valence-corrected chi connectivity index (χ3v) is 5.86. The highest BCUT2D eigenvalue weighted by atomic mass is 35.5. The van der Waals surface area contributed by atoms with Gasteiger partial charge in [0.25, 0.3) is 0 Å². The topological polar surface area (TPSA) is 46.6 Å². The molecule has 0 unspecified atom stereocenters. The molecule has 24 heavy (non-hydrogen) atoms. The Hall–Kier alpha value is -1.56. The lowest BCUT2D eigenvalue weighted by Gasteiger charge is -2.19. The predicted octanol–water partition coefficient (Wildman–Crippen LogP) is 4.29. The van der Waals surface area contributed by atoms with Crippen LogP contribution >= 0.6 is 11.6 Å². The molecule has 6 heteroatoms. The van der Waals surface area contributed by atoms with E-state index in [-0.39, 0.29) is 17.4 Å². The minimum absolute atomic E-state index is 0.160. The van der Waals surface area contributed by atoms with E-state index in [0.29, 0.717) is 10.8 Å². The first-order valence-corrected chi connectivity index (χ1v) is 9.46. The molecule has 0 spiro atoms. The number of hydrogen-bond acceptors (Lipinski definition) is 3. The second kappa shape index (κ2) is 7.55. The zero-order valence-electron chi connectivity index (χ0n) is 14.3. The Morgan fingerprint density at radius 3 is 2.46 bits per heavy atom. The average molecular weight is 368 g/mol. The van der Waals surface area contributed by atoms with E-state index in [1.165, 1.54) is 4.31 Å². The number of ether oxygens (including phenoxy) is 1. The Morgan fingerprint density at radius 1 is 1.17 bits per heavy atom. The highest BCUT2D eigenvalue weighted by Gasteiger charge is 2.23. The van der Waals surface area contributed by atoms with Crippen molar-refractivity contribution < 1.29 is 13.2 Å². The molecular weight excluding hydrogens is 346 g/mol.